The molecule has 0 radical (unpaired) electrons. The Hall–Kier alpha value is -2.30. The Balaban J connectivity index is 1.93. The van der Waals surface area contributed by atoms with Crippen LogP contribution in [0, 0.1) is 5.92 Å². The van der Waals surface area contributed by atoms with Crippen molar-refractivity contribution in [3.8, 4) is 0 Å². The molecule has 1 aliphatic heterocycles. The van der Waals surface area contributed by atoms with E-state index in [0.717, 1.165) is 5.56 Å². The van der Waals surface area contributed by atoms with Gasteiger partial charge in [-0.05, 0) is 5.56 Å². The van der Waals surface area contributed by atoms with E-state index in [9.17, 15) is 9.59 Å². The first-order chi connectivity index (χ1) is 9.08. The molecule has 5 nitrogen and oxygen atoms in total. The summed E-state index contributed by atoms with van der Waals surface area (Å²) in [4.78, 5) is 24.0. The van der Waals surface area contributed by atoms with Gasteiger partial charge in [0.1, 0.15) is 6.61 Å². The van der Waals surface area contributed by atoms with Crippen LogP contribution in [0.25, 0.3) is 0 Å². The van der Waals surface area contributed by atoms with Gasteiger partial charge >= 0.3 is 12.1 Å². The van der Waals surface area contributed by atoms with Crippen LogP contribution in [0.2, 0.25) is 0 Å². The standard InChI is InChI=1S/C14H15NO4/c1-10-7-15(8-12(10)13(16)17)14(18)19-9-11-5-3-2-4-6-11/h2-6,8,10H,7,9H2,1H3,(H,16,17)/t10-/m1/s1. The van der Waals surface area contributed by atoms with E-state index >= 15 is 0 Å². The number of benzene rings is 1. The van der Waals surface area contributed by atoms with Crippen LogP contribution in [0.1, 0.15) is 12.5 Å². The second-order valence-corrected chi connectivity index (χ2v) is 4.48. The smallest absolute Gasteiger partial charge is 0.414 e. The molecule has 0 fully saturated rings. The average molecular weight is 261 g/mol. The molecule has 0 bridgehead atoms. The normalized spacial score (nSPS) is 18.1. The molecule has 5 heteroatoms. The van der Waals surface area contributed by atoms with E-state index in [0.29, 0.717) is 6.54 Å². The maximum Gasteiger partial charge on any atom is 0.414 e. The summed E-state index contributed by atoms with van der Waals surface area (Å²) in [6.07, 6.45) is 0.826. The number of nitrogens with zero attached hydrogens (tertiary/aromatic N) is 1. The summed E-state index contributed by atoms with van der Waals surface area (Å²) < 4.78 is 5.14. The van der Waals surface area contributed by atoms with Gasteiger partial charge in [0.2, 0.25) is 0 Å². The molecule has 2 rings (SSSR count). The highest BCUT2D eigenvalue weighted by Crippen LogP contribution is 2.22. The fraction of sp³-hybridized carbons (Fsp3) is 0.286. The van der Waals surface area contributed by atoms with Crippen molar-refractivity contribution < 1.29 is 19.4 Å². The van der Waals surface area contributed by atoms with E-state index in [1.165, 1.54) is 11.1 Å². The highest BCUT2D eigenvalue weighted by atomic mass is 16.6. The zero-order valence-corrected chi connectivity index (χ0v) is 10.6. The second kappa shape index (κ2) is 5.56. The summed E-state index contributed by atoms with van der Waals surface area (Å²) in [5.41, 5.74) is 1.13. The van der Waals surface area contributed by atoms with E-state index in [4.69, 9.17) is 9.84 Å². The molecule has 0 aliphatic carbocycles. The quantitative estimate of drug-likeness (QED) is 0.906. The zero-order chi connectivity index (χ0) is 13.8. The van der Waals surface area contributed by atoms with Gasteiger partial charge in [-0.3, -0.25) is 4.90 Å². The third-order valence-corrected chi connectivity index (χ3v) is 2.98. The Kier molecular flexibility index (Phi) is 3.85. The van der Waals surface area contributed by atoms with E-state index in [2.05, 4.69) is 0 Å². The molecule has 1 aliphatic rings. The molecule has 0 unspecified atom stereocenters. The molecular formula is C14H15NO4. The summed E-state index contributed by atoms with van der Waals surface area (Å²) in [6.45, 7) is 2.29. The lowest BCUT2D eigenvalue weighted by Gasteiger charge is -2.14. The number of ether oxygens (including phenoxy) is 1. The molecule has 1 atom stereocenters. The predicted octanol–water partition coefficient (Wildman–Crippen LogP) is 2.24. The zero-order valence-electron chi connectivity index (χ0n) is 10.6. The third-order valence-electron chi connectivity index (χ3n) is 2.98. The fourth-order valence-electron chi connectivity index (χ4n) is 1.94. The Morgan fingerprint density at radius 2 is 2.05 bits per heavy atom. The first-order valence-electron chi connectivity index (χ1n) is 6.00. The molecule has 1 N–H and O–H groups in total. The van der Waals surface area contributed by atoms with Crippen molar-refractivity contribution in [1.82, 2.24) is 4.90 Å². The molecule has 1 heterocycles. The number of carboxylic acids is 1. The van der Waals surface area contributed by atoms with Crippen LogP contribution >= 0.6 is 0 Å². The molecule has 0 spiro atoms. The van der Waals surface area contributed by atoms with Crippen molar-refractivity contribution in [2.45, 2.75) is 13.5 Å². The Bertz CT molecular complexity index is 509. The molecule has 19 heavy (non-hydrogen) atoms. The van der Waals surface area contributed by atoms with Crippen LogP contribution in [0.5, 0.6) is 0 Å². The van der Waals surface area contributed by atoms with Gasteiger partial charge in [0.25, 0.3) is 0 Å². The number of amides is 1. The van der Waals surface area contributed by atoms with Crippen molar-refractivity contribution in [2.75, 3.05) is 6.54 Å². The second-order valence-electron chi connectivity index (χ2n) is 4.48. The number of hydrogen-bond donors (Lipinski definition) is 1. The lowest BCUT2D eigenvalue weighted by molar-refractivity contribution is -0.133. The first-order valence-corrected chi connectivity index (χ1v) is 6.00. The number of rotatable bonds is 3. The van der Waals surface area contributed by atoms with Gasteiger partial charge in [-0.2, -0.15) is 0 Å². The van der Waals surface area contributed by atoms with Crippen molar-refractivity contribution >= 4 is 12.1 Å². The highest BCUT2D eigenvalue weighted by molar-refractivity contribution is 5.89. The van der Waals surface area contributed by atoms with E-state index in [-0.39, 0.29) is 18.1 Å². The summed E-state index contributed by atoms with van der Waals surface area (Å²) in [5.74, 6) is -1.17. The van der Waals surface area contributed by atoms with Crippen LogP contribution < -0.4 is 0 Å². The van der Waals surface area contributed by atoms with Crippen molar-refractivity contribution in [3.63, 3.8) is 0 Å². The van der Waals surface area contributed by atoms with Gasteiger partial charge in [0, 0.05) is 18.7 Å². The van der Waals surface area contributed by atoms with Crippen LogP contribution in [-0.4, -0.2) is 28.6 Å². The summed E-state index contributed by atoms with van der Waals surface area (Å²) in [6, 6.07) is 9.33. The van der Waals surface area contributed by atoms with Gasteiger partial charge in [-0.15, -0.1) is 0 Å². The van der Waals surface area contributed by atoms with Gasteiger partial charge < -0.3 is 9.84 Å². The maximum atomic E-state index is 11.8. The van der Waals surface area contributed by atoms with Crippen molar-refractivity contribution in [3.05, 3.63) is 47.7 Å². The number of carboxylic acid groups (broad SMARTS) is 1. The lowest BCUT2D eigenvalue weighted by Crippen LogP contribution is -2.26. The van der Waals surface area contributed by atoms with Crippen LogP contribution in [-0.2, 0) is 16.1 Å². The molecular weight excluding hydrogens is 246 g/mol. The Labute approximate surface area is 111 Å². The minimum Gasteiger partial charge on any atom is -0.478 e. The molecule has 0 saturated heterocycles. The van der Waals surface area contributed by atoms with Crippen LogP contribution in [0.3, 0.4) is 0 Å². The molecule has 1 aromatic carbocycles. The summed E-state index contributed by atoms with van der Waals surface area (Å²) >= 11 is 0. The maximum absolute atomic E-state index is 11.8. The first kappa shape index (κ1) is 13.1. The van der Waals surface area contributed by atoms with E-state index < -0.39 is 12.1 Å². The molecule has 0 aromatic heterocycles. The molecule has 100 valence electrons. The van der Waals surface area contributed by atoms with Crippen molar-refractivity contribution in [1.29, 1.82) is 0 Å². The van der Waals surface area contributed by atoms with Gasteiger partial charge in [-0.1, -0.05) is 37.3 Å². The Morgan fingerprint density at radius 3 is 2.63 bits per heavy atom. The van der Waals surface area contributed by atoms with Gasteiger partial charge in [0.05, 0.1) is 5.57 Å². The topological polar surface area (TPSA) is 66.8 Å². The van der Waals surface area contributed by atoms with E-state index in [1.54, 1.807) is 6.92 Å². The Morgan fingerprint density at radius 1 is 1.37 bits per heavy atom. The summed E-state index contributed by atoms with van der Waals surface area (Å²) in [7, 11) is 0. The van der Waals surface area contributed by atoms with Crippen molar-refractivity contribution in [2.24, 2.45) is 5.92 Å². The fourth-order valence-corrected chi connectivity index (χ4v) is 1.94. The molecule has 1 aromatic rings. The number of carbonyl (C=O) groups excluding carboxylic acids is 1. The van der Waals surface area contributed by atoms with Gasteiger partial charge in [-0.25, -0.2) is 9.59 Å². The van der Waals surface area contributed by atoms with Gasteiger partial charge in [0.15, 0.2) is 0 Å². The number of hydrogen-bond acceptors (Lipinski definition) is 3. The average Bonchev–Trinajstić information content (AvgIpc) is 2.79. The highest BCUT2D eigenvalue weighted by Gasteiger charge is 2.29. The van der Waals surface area contributed by atoms with Crippen LogP contribution in [0.15, 0.2) is 42.1 Å². The minimum atomic E-state index is -0.995. The number of carbonyl (C=O) groups is 2. The number of aliphatic carboxylic acids is 1. The SMILES string of the molecule is C[C@@H]1CN(C(=O)OCc2ccccc2)C=C1C(=O)O. The monoisotopic (exact) mass is 261 g/mol. The molecule has 0 saturated carbocycles. The predicted molar refractivity (Wildman–Crippen MR) is 68.2 cm³/mol. The van der Waals surface area contributed by atoms with Crippen LogP contribution in [0.4, 0.5) is 4.79 Å². The lowest BCUT2D eigenvalue weighted by atomic mass is 10.1. The molecule has 1 amide bonds. The minimum absolute atomic E-state index is 0.179. The largest absolute Gasteiger partial charge is 0.478 e. The summed E-state index contributed by atoms with van der Waals surface area (Å²) in [5, 5.41) is 8.94. The van der Waals surface area contributed by atoms with E-state index in [1.807, 2.05) is 30.3 Å². The third kappa shape index (κ3) is 3.13.